The zero-order chi connectivity index (χ0) is 21.3. The first-order chi connectivity index (χ1) is 14.1. The largest absolute Gasteiger partial charge is 0.320 e. The van der Waals surface area contributed by atoms with Gasteiger partial charge in [-0.25, -0.2) is 4.68 Å². The molecule has 0 aromatic carbocycles. The molecule has 1 amide bonds. The number of hydrogen-bond acceptors (Lipinski definition) is 4. The number of carbonyl (C=O) groups is 1. The van der Waals surface area contributed by atoms with E-state index in [0.717, 1.165) is 50.8 Å². The lowest BCUT2D eigenvalue weighted by molar-refractivity contribution is -0.116. The van der Waals surface area contributed by atoms with E-state index in [9.17, 15) is 9.59 Å². The third-order valence-electron chi connectivity index (χ3n) is 5.29. The predicted molar refractivity (Wildman–Crippen MR) is 120 cm³/mol. The van der Waals surface area contributed by atoms with Gasteiger partial charge in [0, 0.05) is 13.0 Å². The van der Waals surface area contributed by atoms with Crippen LogP contribution in [0.3, 0.4) is 0 Å². The molecule has 1 heterocycles. The molecule has 1 rings (SSSR count). The molecule has 0 unspecified atom stereocenters. The van der Waals surface area contributed by atoms with Gasteiger partial charge in [0.25, 0.3) is 0 Å². The highest BCUT2D eigenvalue weighted by Crippen LogP contribution is 2.16. The van der Waals surface area contributed by atoms with Crippen LogP contribution in [-0.4, -0.2) is 20.9 Å². The van der Waals surface area contributed by atoms with Crippen LogP contribution in [0.15, 0.2) is 4.79 Å². The van der Waals surface area contributed by atoms with Crippen molar-refractivity contribution >= 4 is 11.6 Å². The lowest BCUT2D eigenvalue weighted by Gasteiger charge is -2.15. The van der Waals surface area contributed by atoms with Crippen molar-refractivity contribution in [3.63, 3.8) is 0 Å². The SMILES string of the molecule is CCCCCCCCc1c(NC(=O)CCC)c(=O)nnn1CCCCCCCC. The van der Waals surface area contributed by atoms with Crippen molar-refractivity contribution in [3.8, 4) is 0 Å². The first-order valence-corrected chi connectivity index (χ1v) is 11.9. The molecule has 0 spiro atoms. The van der Waals surface area contributed by atoms with Crippen LogP contribution in [0.1, 0.15) is 116 Å². The fourth-order valence-corrected chi connectivity index (χ4v) is 3.55. The van der Waals surface area contributed by atoms with E-state index in [0.29, 0.717) is 12.1 Å². The van der Waals surface area contributed by atoms with Crippen molar-refractivity contribution in [2.45, 2.75) is 124 Å². The van der Waals surface area contributed by atoms with Crippen LogP contribution in [0.4, 0.5) is 5.69 Å². The minimum atomic E-state index is -0.422. The highest BCUT2D eigenvalue weighted by atomic mass is 16.2. The Morgan fingerprint density at radius 3 is 2.03 bits per heavy atom. The van der Waals surface area contributed by atoms with E-state index < -0.39 is 5.56 Å². The van der Waals surface area contributed by atoms with Crippen molar-refractivity contribution < 1.29 is 4.79 Å². The van der Waals surface area contributed by atoms with Gasteiger partial charge in [0.1, 0.15) is 5.69 Å². The molecule has 29 heavy (non-hydrogen) atoms. The summed E-state index contributed by atoms with van der Waals surface area (Å²) in [5.41, 5.74) is 0.770. The Balaban J connectivity index is 2.79. The number of anilines is 1. The van der Waals surface area contributed by atoms with Crippen LogP contribution < -0.4 is 10.9 Å². The second-order valence-electron chi connectivity index (χ2n) is 8.02. The van der Waals surface area contributed by atoms with E-state index in [1.165, 1.54) is 51.4 Å². The topological polar surface area (TPSA) is 76.9 Å². The van der Waals surface area contributed by atoms with Crippen molar-refractivity contribution in [2.75, 3.05) is 5.32 Å². The molecule has 1 aromatic rings. The van der Waals surface area contributed by atoms with Gasteiger partial charge in [-0.05, 0) is 25.7 Å². The molecular formula is C23H42N4O2. The molecule has 0 saturated carbocycles. The van der Waals surface area contributed by atoms with Crippen LogP contribution in [0.5, 0.6) is 0 Å². The second kappa shape index (κ2) is 16.1. The first-order valence-electron chi connectivity index (χ1n) is 11.9. The Kier molecular flexibility index (Phi) is 14.1. The monoisotopic (exact) mass is 406 g/mol. The lowest BCUT2D eigenvalue weighted by Crippen LogP contribution is -2.27. The third kappa shape index (κ3) is 10.6. The quantitative estimate of drug-likeness (QED) is 0.340. The number of nitrogens with one attached hydrogen (secondary N) is 1. The lowest BCUT2D eigenvalue weighted by atomic mass is 10.1. The fraction of sp³-hybridized carbons (Fsp3) is 0.826. The van der Waals surface area contributed by atoms with E-state index >= 15 is 0 Å². The van der Waals surface area contributed by atoms with E-state index in [-0.39, 0.29) is 5.91 Å². The summed E-state index contributed by atoms with van der Waals surface area (Å²) in [5, 5.41) is 10.8. The number of unbranched alkanes of at least 4 members (excludes halogenated alkanes) is 10. The van der Waals surface area contributed by atoms with Crippen molar-refractivity contribution in [1.29, 1.82) is 0 Å². The van der Waals surface area contributed by atoms with Crippen LogP contribution in [0.25, 0.3) is 0 Å². The maximum atomic E-state index is 12.4. The number of hydrogen-bond donors (Lipinski definition) is 1. The first kappa shape index (κ1) is 25.3. The number of rotatable bonds is 17. The smallest absolute Gasteiger partial charge is 0.315 e. The van der Waals surface area contributed by atoms with Gasteiger partial charge in [-0.1, -0.05) is 95.3 Å². The van der Waals surface area contributed by atoms with Gasteiger partial charge in [-0.3, -0.25) is 9.59 Å². The number of aromatic nitrogens is 3. The summed E-state index contributed by atoms with van der Waals surface area (Å²) in [6.45, 7) is 7.15. The zero-order valence-corrected chi connectivity index (χ0v) is 19.0. The minimum Gasteiger partial charge on any atom is -0.320 e. The third-order valence-corrected chi connectivity index (χ3v) is 5.29. The van der Waals surface area contributed by atoms with Crippen molar-refractivity contribution in [1.82, 2.24) is 15.0 Å². The van der Waals surface area contributed by atoms with Crippen LogP contribution in [0.2, 0.25) is 0 Å². The summed E-state index contributed by atoms with van der Waals surface area (Å²) in [6, 6.07) is 0. The van der Waals surface area contributed by atoms with Gasteiger partial charge in [0.2, 0.25) is 5.91 Å². The average molecular weight is 407 g/mol. The summed E-state index contributed by atoms with van der Waals surface area (Å²) in [4.78, 5) is 24.5. The highest BCUT2D eigenvalue weighted by Gasteiger charge is 2.16. The molecule has 0 aliphatic rings. The Bertz CT molecular complexity index is 628. The van der Waals surface area contributed by atoms with E-state index in [1.54, 1.807) is 0 Å². The highest BCUT2D eigenvalue weighted by molar-refractivity contribution is 5.90. The van der Waals surface area contributed by atoms with Gasteiger partial charge in [0.05, 0.1) is 5.69 Å². The average Bonchev–Trinajstić information content (AvgIpc) is 2.71. The Labute approximate surface area is 176 Å². The van der Waals surface area contributed by atoms with Crippen LogP contribution in [-0.2, 0) is 17.8 Å². The summed E-state index contributed by atoms with van der Waals surface area (Å²) in [6.07, 6.45) is 16.3. The van der Waals surface area contributed by atoms with Crippen LogP contribution in [0, 0.1) is 0 Å². The minimum absolute atomic E-state index is 0.118. The molecule has 0 saturated heterocycles. The zero-order valence-electron chi connectivity index (χ0n) is 19.0. The van der Waals surface area contributed by atoms with Gasteiger partial charge < -0.3 is 5.32 Å². The normalized spacial score (nSPS) is 11.0. The summed E-state index contributed by atoms with van der Waals surface area (Å²) in [5.74, 6) is -0.118. The number of aryl methyl sites for hydroxylation is 1. The Morgan fingerprint density at radius 2 is 1.41 bits per heavy atom. The summed E-state index contributed by atoms with van der Waals surface area (Å²) < 4.78 is 1.86. The second-order valence-corrected chi connectivity index (χ2v) is 8.02. The maximum absolute atomic E-state index is 12.4. The summed E-state index contributed by atoms with van der Waals surface area (Å²) in [7, 11) is 0. The maximum Gasteiger partial charge on any atom is 0.315 e. The van der Waals surface area contributed by atoms with E-state index in [2.05, 4.69) is 29.5 Å². The van der Waals surface area contributed by atoms with Gasteiger partial charge in [0.15, 0.2) is 0 Å². The summed E-state index contributed by atoms with van der Waals surface area (Å²) >= 11 is 0. The molecule has 0 aliphatic carbocycles. The molecule has 6 heteroatoms. The molecule has 0 radical (unpaired) electrons. The molecular weight excluding hydrogens is 364 g/mol. The van der Waals surface area contributed by atoms with Gasteiger partial charge in [-0.15, -0.1) is 0 Å². The Morgan fingerprint density at radius 1 is 0.828 bits per heavy atom. The molecule has 0 aliphatic heterocycles. The van der Waals surface area contributed by atoms with Gasteiger partial charge >= 0.3 is 5.56 Å². The van der Waals surface area contributed by atoms with Gasteiger partial charge in [-0.2, -0.15) is 0 Å². The molecule has 0 fully saturated rings. The Hall–Kier alpha value is -1.72. The molecule has 6 nitrogen and oxygen atoms in total. The molecule has 1 aromatic heterocycles. The fourth-order valence-electron chi connectivity index (χ4n) is 3.55. The molecule has 1 N–H and O–H groups in total. The standard InChI is InChI=1S/C23H42N4O2/c1-4-7-9-11-13-15-18-20-22(24-21(28)17-6-3)23(29)25-26-27(20)19-16-14-12-10-8-5-2/h4-19H2,1-3H3,(H,24,28). The molecule has 0 atom stereocenters. The number of amides is 1. The molecule has 166 valence electrons. The van der Waals surface area contributed by atoms with Crippen LogP contribution >= 0.6 is 0 Å². The molecule has 0 bridgehead atoms. The van der Waals surface area contributed by atoms with Crippen molar-refractivity contribution in [3.05, 3.63) is 16.0 Å². The van der Waals surface area contributed by atoms with E-state index in [1.807, 2.05) is 11.6 Å². The number of nitrogens with zero attached hydrogens (tertiary/aromatic N) is 3. The van der Waals surface area contributed by atoms with E-state index in [4.69, 9.17) is 0 Å². The number of carbonyl (C=O) groups excluding carboxylic acids is 1. The van der Waals surface area contributed by atoms with Crippen molar-refractivity contribution in [2.24, 2.45) is 0 Å². The predicted octanol–water partition coefficient (Wildman–Crippen LogP) is 5.64.